The Balaban J connectivity index is 1.68. The lowest BCUT2D eigenvalue weighted by molar-refractivity contribution is 0.0494. The van der Waals surface area contributed by atoms with Gasteiger partial charge in [0.1, 0.15) is 11.9 Å². The highest BCUT2D eigenvalue weighted by molar-refractivity contribution is 5.40. The van der Waals surface area contributed by atoms with Crippen LogP contribution in [-0.2, 0) is 0 Å². The van der Waals surface area contributed by atoms with Crippen LogP contribution >= 0.6 is 0 Å². The first kappa shape index (κ1) is 13.0. The second-order valence-corrected chi connectivity index (χ2v) is 6.27. The molecular weight excluding hydrogens is 236 g/mol. The third-order valence-corrected chi connectivity index (χ3v) is 4.63. The van der Waals surface area contributed by atoms with Crippen LogP contribution in [0.25, 0.3) is 0 Å². The molecule has 1 aliphatic carbocycles. The lowest BCUT2D eigenvalue weighted by atomic mass is 9.83. The number of hydrogen-bond acceptors (Lipinski definition) is 2. The number of fused-ring (bicyclic) bond motifs is 1. The lowest BCUT2D eigenvalue weighted by Gasteiger charge is -2.33. The van der Waals surface area contributed by atoms with E-state index < -0.39 is 0 Å². The van der Waals surface area contributed by atoms with E-state index in [4.69, 9.17) is 4.74 Å². The summed E-state index contributed by atoms with van der Waals surface area (Å²) in [7, 11) is 0. The molecule has 104 valence electrons. The van der Waals surface area contributed by atoms with Gasteiger partial charge in [-0.15, -0.1) is 0 Å². The van der Waals surface area contributed by atoms with Gasteiger partial charge in [-0.3, -0.25) is 0 Å². The van der Waals surface area contributed by atoms with Crippen LogP contribution in [0.15, 0.2) is 18.2 Å². The molecule has 19 heavy (non-hydrogen) atoms. The minimum atomic E-state index is -0.350. The maximum atomic E-state index is 10.3. The van der Waals surface area contributed by atoms with Crippen molar-refractivity contribution in [1.82, 2.24) is 0 Å². The molecule has 2 heteroatoms. The summed E-state index contributed by atoms with van der Waals surface area (Å²) >= 11 is 0. The van der Waals surface area contributed by atoms with Crippen LogP contribution in [0.1, 0.15) is 62.2 Å². The number of aryl methyl sites for hydroxylation is 1. The van der Waals surface area contributed by atoms with Gasteiger partial charge in [0.2, 0.25) is 0 Å². The summed E-state index contributed by atoms with van der Waals surface area (Å²) in [5, 5.41) is 10.3. The molecule has 1 aromatic carbocycles. The first-order valence-electron chi connectivity index (χ1n) is 7.67. The number of ether oxygens (including phenoxy) is 1. The van der Waals surface area contributed by atoms with E-state index >= 15 is 0 Å². The average molecular weight is 260 g/mol. The standard InChI is InChI=1S/C17H24O2/c1-12-7-8-17-15(9-12)16(18)11-14(19-17)10-13-5-3-2-4-6-13/h7-9,13-14,16,18H,2-6,10-11H2,1H3. The first-order valence-corrected chi connectivity index (χ1v) is 7.67. The van der Waals surface area contributed by atoms with Gasteiger partial charge >= 0.3 is 0 Å². The Morgan fingerprint density at radius 2 is 2.00 bits per heavy atom. The smallest absolute Gasteiger partial charge is 0.125 e. The van der Waals surface area contributed by atoms with E-state index in [-0.39, 0.29) is 12.2 Å². The quantitative estimate of drug-likeness (QED) is 0.865. The molecule has 0 amide bonds. The number of aliphatic hydroxyl groups excluding tert-OH is 1. The van der Waals surface area contributed by atoms with Crippen LogP contribution in [0.2, 0.25) is 0 Å². The van der Waals surface area contributed by atoms with Crippen LogP contribution in [0.5, 0.6) is 5.75 Å². The van der Waals surface area contributed by atoms with Gasteiger partial charge in [0.25, 0.3) is 0 Å². The Morgan fingerprint density at radius 3 is 2.79 bits per heavy atom. The van der Waals surface area contributed by atoms with Gasteiger partial charge in [-0.1, -0.05) is 43.7 Å². The Bertz CT molecular complexity index is 435. The minimum Gasteiger partial charge on any atom is -0.490 e. The highest BCUT2D eigenvalue weighted by atomic mass is 16.5. The van der Waals surface area contributed by atoms with Crippen LogP contribution in [0, 0.1) is 12.8 Å². The van der Waals surface area contributed by atoms with Crippen LogP contribution in [0.4, 0.5) is 0 Å². The number of hydrogen-bond donors (Lipinski definition) is 1. The highest BCUT2D eigenvalue weighted by Gasteiger charge is 2.29. The largest absolute Gasteiger partial charge is 0.490 e. The van der Waals surface area contributed by atoms with Gasteiger partial charge in [0, 0.05) is 12.0 Å². The monoisotopic (exact) mass is 260 g/mol. The zero-order valence-electron chi connectivity index (χ0n) is 11.8. The molecule has 0 spiro atoms. The predicted octanol–water partition coefficient (Wildman–Crippen LogP) is 4.15. The molecule has 1 fully saturated rings. The van der Waals surface area contributed by atoms with E-state index in [1.54, 1.807) is 0 Å². The zero-order valence-corrected chi connectivity index (χ0v) is 11.8. The van der Waals surface area contributed by atoms with Crippen molar-refractivity contribution in [3.63, 3.8) is 0 Å². The summed E-state index contributed by atoms with van der Waals surface area (Å²) in [6, 6.07) is 6.13. The maximum Gasteiger partial charge on any atom is 0.125 e. The Kier molecular flexibility index (Phi) is 3.79. The van der Waals surface area contributed by atoms with Crippen molar-refractivity contribution >= 4 is 0 Å². The average Bonchev–Trinajstić information content (AvgIpc) is 2.41. The van der Waals surface area contributed by atoms with Gasteiger partial charge in [-0.25, -0.2) is 0 Å². The van der Waals surface area contributed by atoms with E-state index in [1.807, 2.05) is 6.07 Å². The molecule has 0 bridgehead atoms. The van der Waals surface area contributed by atoms with Crippen molar-refractivity contribution in [3.8, 4) is 5.75 Å². The fourth-order valence-electron chi connectivity index (χ4n) is 3.58. The third-order valence-electron chi connectivity index (χ3n) is 4.63. The van der Waals surface area contributed by atoms with Gasteiger partial charge in [-0.2, -0.15) is 0 Å². The molecule has 3 rings (SSSR count). The van der Waals surface area contributed by atoms with E-state index in [0.717, 1.165) is 30.1 Å². The molecule has 2 nitrogen and oxygen atoms in total. The summed E-state index contributed by atoms with van der Waals surface area (Å²) in [4.78, 5) is 0. The van der Waals surface area contributed by atoms with E-state index in [2.05, 4.69) is 19.1 Å². The molecule has 2 atom stereocenters. The van der Waals surface area contributed by atoms with Gasteiger partial charge in [-0.05, 0) is 31.4 Å². The summed E-state index contributed by atoms with van der Waals surface area (Å²) in [6.07, 6.45) is 8.55. The molecular formula is C17H24O2. The summed E-state index contributed by atoms with van der Waals surface area (Å²) < 4.78 is 6.10. The van der Waals surface area contributed by atoms with Crippen molar-refractivity contribution in [2.24, 2.45) is 5.92 Å². The van der Waals surface area contributed by atoms with Crippen molar-refractivity contribution < 1.29 is 9.84 Å². The lowest BCUT2D eigenvalue weighted by Crippen LogP contribution is -2.28. The number of rotatable bonds is 2. The van der Waals surface area contributed by atoms with Crippen molar-refractivity contribution in [2.75, 3.05) is 0 Å². The zero-order chi connectivity index (χ0) is 13.2. The molecule has 1 aliphatic heterocycles. The molecule has 0 saturated heterocycles. The number of aliphatic hydroxyl groups is 1. The predicted molar refractivity (Wildman–Crippen MR) is 76.4 cm³/mol. The fourth-order valence-corrected chi connectivity index (χ4v) is 3.58. The normalized spacial score (nSPS) is 27.7. The fraction of sp³-hybridized carbons (Fsp3) is 0.647. The Hall–Kier alpha value is -1.02. The maximum absolute atomic E-state index is 10.3. The van der Waals surface area contributed by atoms with Gasteiger partial charge in [0.15, 0.2) is 0 Å². The second-order valence-electron chi connectivity index (χ2n) is 6.27. The molecule has 1 N–H and O–H groups in total. The Labute approximate surface area is 115 Å². The molecule has 0 aromatic heterocycles. The first-order chi connectivity index (χ1) is 9.22. The molecule has 2 aliphatic rings. The van der Waals surface area contributed by atoms with Crippen molar-refractivity contribution in [1.29, 1.82) is 0 Å². The third kappa shape index (κ3) is 2.94. The van der Waals surface area contributed by atoms with E-state index in [0.29, 0.717) is 0 Å². The molecule has 2 unspecified atom stereocenters. The van der Waals surface area contributed by atoms with E-state index in [1.165, 1.54) is 37.7 Å². The topological polar surface area (TPSA) is 29.5 Å². The molecule has 1 heterocycles. The van der Waals surface area contributed by atoms with Crippen LogP contribution < -0.4 is 4.74 Å². The summed E-state index contributed by atoms with van der Waals surface area (Å²) in [6.45, 7) is 2.06. The van der Waals surface area contributed by atoms with E-state index in [9.17, 15) is 5.11 Å². The Morgan fingerprint density at radius 1 is 1.21 bits per heavy atom. The SMILES string of the molecule is Cc1ccc2c(c1)C(O)CC(CC1CCCCC1)O2. The number of benzene rings is 1. The van der Waals surface area contributed by atoms with Crippen LogP contribution in [0.3, 0.4) is 0 Å². The van der Waals surface area contributed by atoms with Crippen molar-refractivity contribution in [2.45, 2.75) is 64.1 Å². The summed E-state index contributed by atoms with van der Waals surface area (Å²) in [5.41, 5.74) is 2.16. The summed E-state index contributed by atoms with van der Waals surface area (Å²) in [5.74, 6) is 1.70. The van der Waals surface area contributed by atoms with Gasteiger partial charge < -0.3 is 9.84 Å². The molecule has 1 saturated carbocycles. The molecule has 1 aromatic rings. The highest BCUT2D eigenvalue weighted by Crippen LogP contribution is 2.38. The minimum absolute atomic E-state index is 0.202. The van der Waals surface area contributed by atoms with Crippen LogP contribution in [-0.4, -0.2) is 11.2 Å². The second kappa shape index (κ2) is 5.54. The van der Waals surface area contributed by atoms with Crippen molar-refractivity contribution in [3.05, 3.63) is 29.3 Å². The molecule has 0 radical (unpaired) electrons. The van der Waals surface area contributed by atoms with Gasteiger partial charge in [0.05, 0.1) is 6.10 Å².